The molecule has 1 heterocycles. The van der Waals surface area contributed by atoms with Gasteiger partial charge < -0.3 is 4.74 Å². The van der Waals surface area contributed by atoms with Crippen LogP contribution in [0.25, 0.3) is 0 Å². The average molecular weight is 312 g/mol. The monoisotopic (exact) mass is 312 g/mol. The van der Waals surface area contributed by atoms with Crippen molar-refractivity contribution in [1.29, 1.82) is 0 Å². The molecule has 0 saturated carbocycles. The molecule has 0 aliphatic carbocycles. The highest BCUT2D eigenvalue weighted by Gasteiger charge is 2.32. The average Bonchev–Trinajstić information content (AvgIpc) is 2.96. The van der Waals surface area contributed by atoms with Gasteiger partial charge in [0.05, 0.1) is 6.04 Å². The number of ether oxygens (including phenoxy) is 1. The normalized spacial score (nSPS) is 21.1. The van der Waals surface area contributed by atoms with E-state index in [0.717, 1.165) is 6.42 Å². The van der Waals surface area contributed by atoms with E-state index in [1.54, 1.807) is 0 Å². The molecule has 1 aliphatic rings. The maximum atomic E-state index is 11.8. The van der Waals surface area contributed by atoms with E-state index in [9.17, 15) is 4.79 Å². The van der Waals surface area contributed by atoms with Crippen LogP contribution in [-0.4, -0.2) is 30.9 Å². The van der Waals surface area contributed by atoms with Crippen LogP contribution in [0.2, 0.25) is 0 Å². The first-order valence-corrected chi connectivity index (χ1v) is 7.66. The first kappa shape index (κ1) is 15.5. The lowest BCUT2D eigenvalue weighted by Gasteiger charge is -2.17. The molecule has 2 aromatic carbocycles. The number of nitrogens with zero attached hydrogens (tertiary/aromatic N) is 1. The standard InChI is InChI=1S/C18H20N2O3/c1-20-17(14-8-4-2-5-9-14)12-16(23-20)13-22-18(21)19-15-10-6-3-7-11-15/h2-11,16-17H,12-13H2,1H3,(H,19,21)/t16-,17-/m1/s1. The summed E-state index contributed by atoms with van der Waals surface area (Å²) in [5, 5.41) is 4.52. The lowest BCUT2D eigenvalue weighted by atomic mass is 10.0. The zero-order valence-corrected chi connectivity index (χ0v) is 13.0. The molecule has 23 heavy (non-hydrogen) atoms. The van der Waals surface area contributed by atoms with Gasteiger partial charge in [0.25, 0.3) is 0 Å². The van der Waals surface area contributed by atoms with Crippen LogP contribution < -0.4 is 5.32 Å². The Hall–Kier alpha value is -2.37. The number of rotatable bonds is 4. The number of hydrogen-bond donors (Lipinski definition) is 1. The molecule has 0 bridgehead atoms. The van der Waals surface area contributed by atoms with E-state index in [-0.39, 0.29) is 18.8 Å². The number of carbonyl (C=O) groups is 1. The summed E-state index contributed by atoms with van der Waals surface area (Å²) in [6.45, 7) is 0.229. The lowest BCUT2D eigenvalue weighted by Crippen LogP contribution is -2.23. The molecule has 0 spiro atoms. The van der Waals surface area contributed by atoms with Crippen LogP contribution in [0, 0.1) is 0 Å². The van der Waals surface area contributed by atoms with Crippen LogP contribution in [-0.2, 0) is 9.57 Å². The van der Waals surface area contributed by atoms with Gasteiger partial charge in [0.15, 0.2) is 0 Å². The lowest BCUT2D eigenvalue weighted by molar-refractivity contribution is -0.153. The van der Waals surface area contributed by atoms with Gasteiger partial charge in [0.1, 0.15) is 12.7 Å². The number of benzene rings is 2. The van der Waals surface area contributed by atoms with Crippen LogP contribution in [0.5, 0.6) is 0 Å². The summed E-state index contributed by atoms with van der Waals surface area (Å²) in [5.74, 6) is 0. The van der Waals surface area contributed by atoms with Crippen LogP contribution in [0.1, 0.15) is 18.0 Å². The molecule has 1 N–H and O–H groups in total. The summed E-state index contributed by atoms with van der Waals surface area (Å²) >= 11 is 0. The van der Waals surface area contributed by atoms with E-state index in [1.807, 2.05) is 60.6 Å². The third-order valence-corrected chi connectivity index (χ3v) is 3.85. The van der Waals surface area contributed by atoms with Crippen molar-refractivity contribution < 1.29 is 14.4 Å². The van der Waals surface area contributed by atoms with Gasteiger partial charge >= 0.3 is 6.09 Å². The Labute approximate surface area is 135 Å². The van der Waals surface area contributed by atoms with E-state index in [2.05, 4.69) is 17.4 Å². The van der Waals surface area contributed by atoms with Crippen molar-refractivity contribution in [1.82, 2.24) is 5.06 Å². The van der Waals surface area contributed by atoms with Crippen LogP contribution in [0.3, 0.4) is 0 Å². The molecule has 1 amide bonds. The minimum Gasteiger partial charge on any atom is -0.446 e. The number of anilines is 1. The quantitative estimate of drug-likeness (QED) is 0.937. The number of nitrogens with one attached hydrogen (secondary N) is 1. The number of hydroxylamine groups is 2. The second kappa shape index (κ2) is 7.26. The Bertz CT molecular complexity index is 633. The van der Waals surface area contributed by atoms with Crippen LogP contribution in [0.15, 0.2) is 60.7 Å². The Morgan fingerprint density at radius 3 is 2.52 bits per heavy atom. The van der Waals surface area contributed by atoms with E-state index in [0.29, 0.717) is 5.69 Å². The van der Waals surface area contributed by atoms with Gasteiger partial charge in [-0.1, -0.05) is 48.5 Å². The molecule has 2 aromatic rings. The predicted molar refractivity (Wildman–Crippen MR) is 87.8 cm³/mol. The van der Waals surface area contributed by atoms with E-state index >= 15 is 0 Å². The Kier molecular flexibility index (Phi) is 4.90. The smallest absolute Gasteiger partial charge is 0.411 e. The topological polar surface area (TPSA) is 50.8 Å². The third kappa shape index (κ3) is 4.09. The molecule has 0 radical (unpaired) electrons. The Morgan fingerprint density at radius 1 is 1.17 bits per heavy atom. The third-order valence-electron chi connectivity index (χ3n) is 3.85. The summed E-state index contributed by atoms with van der Waals surface area (Å²) in [6.07, 6.45) is 0.191. The highest BCUT2D eigenvalue weighted by molar-refractivity contribution is 5.84. The molecule has 5 nitrogen and oxygen atoms in total. The van der Waals surface area contributed by atoms with Gasteiger partial charge in [-0.05, 0) is 17.7 Å². The van der Waals surface area contributed by atoms with Crippen molar-refractivity contribution in [3.63, 3.8) is 0 Å². The molecule has 3 rings (SSSR count). The predicted octanol–water partition coefficient (Wildman–Crippen LogP) is 3.61. The molecule has 2 atom stereocenters. The van der Waals surface area contributed by atoms with E-state index in [4.69, 9.17) is 9.57 Å². The number of carbonyl (C=O) groups excluding carboxylic acids is 1. The first-order chi connectivity index (χ1) is 11.2. The van der Waals surface area contributed by atoms with Crippen molar-refractivity contribution in [2.75, 3.05) is 19.0 Å². The fraction of sp³-hybridized carbons (Fsp3) is 0.278. The van der Waals surface area contributed by atoms with Gasteiger partial charge in [-0.3, -0.25) is 10.2 Å². The minimum absolute atomic E-state index is 0.133. The van der Waals surface area contributed by atoms with Crippen molar-refractivity contribution >= 4 is 11.8 Å². The first-order valence-electron chi connectivity index (χ1n) is 7.66. The van der Waals surface area contributed by atoms with Crippen molar-refractivity contribution in [3.8, 4) is 0 Å². The molecule has 1 fully saturated rings. The molecule has 0 aromatic heterocycles. The Morgan fingerprint density at radius 2 is 1.83 bits per heavy atom. The van der Waals surface area contributed by atoms with Gasteiger partial charge in [-0.25, -0.2) is 4.79 Å². The second-order valence-corrected chi connectivity index (χ2v) is 5.53. The molecule has 120 valence electrons. The molecule has 5 heteroatoms. The fourth-order valence-electron chi connectivity index (χ4n) is 2.71. The summed E-state index contributed by atoms with van der Waals surface area (Å²) in [5.41, 5.74) is 1.91. The van der Waals surface area contributed by atoms with Gasteiger partial charge in [-0.15, -0.1) is 0 Å². The highest BCUT2D eigenvalue weighted by atomic mass is 16.7. The SMILES string of the molecule is CN1O[C@@H](COC(=O)Nc2ccccc2)C[C@@H]1c1ccccc1. The molecule has 1 aliphatic heterocycles. The van der Waals surface area contributed by atoms with Crippen LogP contribution >= 0.6 is 0 Å². The van der Waals surface area contributed by atoms with Gasteiger partial charge in [0.2, 0.25) is 0 Å². The molecular formula is C18H20N2O3. The van der Waals surface area contributed by atoms with Crippen molar-refractivity contribution in [2.24, 2.45) is 0 Å². The second-order valence-electron chi connectivity index (χ2n) is 5.53. The number of para-hydroxylation sites is 1. The number of hydrogen-bond acceptors (Lipinski definition) is 4. The molecular weight excluding hydrogens is 292 g/mol. The van der Waals surface area contributed by atoms with Crippen molar-refractivity contribution in [3.05, 3.63) is 66.2 Å². The highest BCUT2D eigenvalue weighted by Crippen LogP contribution is 2.32. The van der Waals surface area contributed by atoms with Crippen LogP contribution in [0.4, 0.5) is 10.5 Å². The van der Waals surface area contributed by atoms with E-state index in [1.165, 1.54) is 5.56 Å². The minimum atomic E-state index is -0.467. The summed E-state index contributed by atoms with van der Waals surface area (Å²) in [7, 11) is 1.90. The summed E-state index contributed by atoms with van der Waals surface area (Å²) in [4.78, 5) is 17.6. The van der Waals surface area contributed by atoms with Crippen molar-refractivity contribution in [2.45, 2.75) is 18.6 Å². The zero-order chi connectivity index (χ0) is 16.1. The fourth-order valence-corrected chi connectivity index (χ4v) is 2.71. The maximum Gasteiger partial charge on any atom is 0.411 e. The zero-order valence-electron chi connectivity index (χ0n) is 13.0. The summed E-state index contributed by atoms with van der Waals surface area (Å²) < 4.78 is 5.26. The Balaban J connectivity index is 1.49. The number of amides is 1. The largest absolute Gasteiger partial charge is 0.446 e. The van der Waals surface area contributed by atoms with Gasteiger partial charge in [-0.2, -0.15) is 5.06 Å². The van der Waals surface area contributed by atoms with Gasteiger partial charge in [0, 0.05) is 19.2 Å². The maximum absolute atomic E-state index is 11.8. The summed E-state index contributed by atoms with van der Waals surface area (Å²) in [6, 6.07) is 19.6. The molecule has 0 unspecified atom stereocenters. The van der Waals surface area contributed by atoms with E-state index < -0.39 is 6.09 Å². The molecule has 1 saturated heterocycles.